The number of aromatic carboxylic acids is 1. The summed E-state index contributed by atoms with van der Waals surface area (Å²) in [6.07, 6.45) is 3.04. The molecular weight excluding hydrogens is 611 g/mol. The van der Waals surface area contributed by atoms with Gasteiger partial charge in [0.1, 0.15) is 10.7 Å². The van der Waals surface area contributed by atoms with Crippen LogP contribution in [0.15, 0.2) is 70.9 Å². The lowest BCUT2D eigenvalue weighted by Crippen LogP contribution is -2.14. The van der Waals surface area contributed by atoms with Crippen molar-refractivity contribution in [1.29, 1.82) is 0 Å². The van der Waals surface area contributed by atoms with Crippen molar-refractivity contribution in [2.24, 2.45) is 11.1 Å². The summed E-state index contributed by atoms with van der Waals surface area (Å²) < 4.78 is 40.2. The number of benzene rings is 3. The minimum Gasteiger partial charge on any atom is -0.476 e. The molecule has 12 heteroatoms. The zero-order valence-electron chi connectivity index (χ0n) is 22.9. The van der Waals surface area contributed by atoms with Crippen LogP contribution in [0.3, 0.4) is 0 Å². The summed E-state index contributed by atoms with van der Waals surface area (Å²) in [6.45, 7) is 1.94. The summed E-state index contributed by atoms with van der Waals surface area (Å²) in [5, 5.41) is 22.2. The van der Waals surface area contributed by atoms with Gasteiger partial charge in [-0.15, -0.1) is 11.3 Å². The van der Waals surface area contributed by atoms with Crippen molar-refractivity contribution in [2.75, 3.05) is 0 Å². The minimum atomic E-state index is -4.22. The summed E-state index contributed by atoms with van der Waals surface area (Å²) in [7, 11) is -4.22. The molecule has 8 nitrogen and oxygen atoms in total. The summed E-state index contributed by atoms with van der Waals surface area (Å²) >= 11 is 7.45. The number of aromatic nitrogens is 3. The van der Waals surface area contributed by atoms with Crippen molar-refractivity contribution in [3.8, 4) is 27.5 Å². The van der Waals surface area contributed by atoms with Crippen molar-refractivity contribution < 1.29 is 22.7 Å². The normalized spacial score (nSPS) is 13.4. The highest BCUT2D eigenvalue weighted by atomic mass is 35.5. The maximum absolute atomic E-state index is 14.9. The third-order valence-electron chi connectivity index (χ3n) is 7.47. The van der Waals surface area contributed by atoms with Crippen molar-refractivity contribution in [2.45, 2.75) is 37.5 Å². The van der Waals surface area contributed by atoms with Gasteiger partial charge in [0.05, 0.1) is 11.4 Å². The van der Waals surface area contributed by atoms with E-state index in [0.717, 1.165) is 46.4 Å². The molecule has 3 aromatic carbocycles. The number of halogens is 2. The second kappa shape index (κ2) is 11.3. The van der Waals surface area contributed by atoms with Crippen LogP contribution in [0, 0.1) is 18.7 Å². The third-order valence-corrected chi connectivity index (χ3v) is 9.66. The van der Waals surface area contributed by atoms with Gasteiger partial charge in [-0.2, -0.15) is 5.10 Å². The minimum absolute atomic E-state index is 0.0725. The van der Waals surface area contributed by atoms with E-state index in [4.69, 9.17) is 21.8 Å². The highest BCUT2D eigenvalue weighted by Crippen LogP contribution is 2.39. The predicted molar refractivity (Wildman–Crippen MR) is 164 cm³/mol. The monoisotopic (exact) mass is 636 g/mol. The average molecular weight is 637 g/mol. The van der Waals surface area contributed by atoms with E-state index in [1.165, 1.54) is 28.8 Å². The Balaban J connectivity index is 1.52. The van der Waals surface area contributed by atoms with Crippen LogP contribution in [0.1, 0.15) is 45.7 Å². The summed E-state index contributed by atoms with van der Waals surface area (Å²) in [5.41, 5.74) is 6.48. The van der Waals surface area contributed by atoms with Gasteiger partial charge in [0, 0.05) is 28.0 Å². The average Bonchev–Trinajstić information content (AvgIpc) is 3.51. The molecule has 1 fully saturated rings. The van der Waals surface area contributed by atoms with Crippen LogP contribution in [0.4, 0.5) is 4.39 Å². The molecule has 5 aromatic rings. The molecule has 0 atom stereocenters. The second-order valence-electron chi connectivity index (χ2n) is 10.7. The highest BCUT2D eigenvalue weighted by molar-refractivity contribution is 7.89. The number of hydrogen-bond donors (Lipinski definition) is 2. The molecule has 0 unspecified atom stereocenters. The Labute approximate surface area is 256 Å². The number of carbonyl (C=O) groups is 1. The predicted octanol–water partition coefficient (Wildman–Crippen LogP) is 6.65. The van der Waals surface area contributed by atoms with E-state index < -0.39 is 26.7 Å². The Morgan fingerprint density at radius 2 is 1.86 bits per heavy atom. The van der Waals surface area contributed by atoms with Crippen molar-refractivity contribution in [3.05, 3.63) is 105 Å². The zero-order chi connectivity index (χ0) is 30.5. The fraction of sp³-hybridized carbons (Fsp3) is 0.194. The van der Waals surface area contributed by atoms with E-state index in [2.05, 4.69) is 4.98 Å². The van der Waals surface area contributed by atoms with Gasteiger partial charge in [-0.05, 0) is 84.7 Å². The molecule has 0 aliphatic heterocycles. The van der Waals surface area contributed by atoms with Gasteiger partial charge >= 0.3 is 5.97 Å². The number of thiazole rings is 1. The molecule has 1 aliphatic carbocycles. The van der Waals surface area contributed by atoms with E-state index in [1.807, 2.05) is 49.4 Å². The van der Waals surface area contributed by atoms with E-state index in [9.17, 15) is 22.7 Å². The first kappa shape index (κ1) is 29.2. The maximum atomic E-state index is 14.9. The largest absolute Gasteiger partial charge is 0.476 e. The molecule has 43 heavy (non-hydrogen) atoms. The van der Waals surface area contributed by atoms with Crippen LogP contribution in [-0.4, -0.2) is 34.3 Å². The van der Waals surface area contributed by atoms with Gasteiger partial charge in [-0.1, -0.05) is 41.9 Å². The first-order chi connectivity index (χ1) is 20.5. The van der Waals surface area contributed by atoms with Gasteiger partial charge < -0.3 is 5.11 Å². The Morgan fingerprint density at radius 1 is 1.12 bits per heavy atom. The van der Waals surface area contributed by atoms with Gasteiger partial charge in [-0.25, -0.2) is 32.4 Å². The smallest absolute Gasteiger partial charge is 0.355 e. The lowest BCUT2D eigenvalue weighted by atomic mass is 9.95. The Morgan fingerprint density at radius 3 is 2.51 bits per heavy atom. The maximum Gasteiger partial charge on any atom is 0.355 e. The molecule has 0 amide bonds. The molecule has 0 bridgehead atoms. The lowest BCUT2D eigenvalue weighted by molar-refractivity contribution is 0.0691. The third kappa shape index (κ3) is 6.12. The number of nitrogens with zero attached hydrogens (tertiary/aromatic N) is 3. The number of sulfonamides is 1. The first-order valence-corrected chi connectivity index (χ1v) is 16.3. The number of aryl methyl sites for hydroxylation is 1. The lowest BCUT2D eigenvalue weighted by Gasteiger charge is -2.11. The molecule has 1 saturated carbocycles. The van der Waals surface area contributed by atoms with Gasteiger partial charge in [-0.3, -0.25) is 0 Å². The van der Waals surface area contributed by atoms with Crippen LogP contribution in [0.25, 0.3) is 27.5 Å². The SMILES string of the molecule is Cc1cc(-c2cccc(-c3nn(-c4nc(C(=O)O)cs4)c(CC4CC4)c3Cc3ccc(S(N)(=O)=O)c(F)c3)c2)ccc1Cl. The fourth-order valence-electron chi connectivity index (χ4n) is 5.09. The quantitative estimate of drug-likeness (QED) is 0.186. The molecule has 2 aromatic heterocycles. The number of hydrogen-bond acceptors (Lipinski definition) is 6. The molecule has 0 spiro atoms. The molecule has 6 rings (SSSR count). The Hall–Kier alpha value is -3.90. The van der Waals surface area contributed by atoms with Gasteiger partial charge in [0.25, 0.3) is 0 Å². The number of carboxylic acids is 1. The van der Waals surface area contributed by atoms with Crippen molar-refractivity contribution in [1.82, 2.24) is 14.8 Å². The number of primary sulfonamides is 1. The molecule has 2 heterocycles. The molecule has 3 N–H and O–H groups in total. The van der Waals surface area contributed by atoms with Crippen LogP contribution in [-0.2, 0) is 22.9 Å². The van der Waals surface area contributed by atoms with Gasteiger partial charge in [0.2, 0.25) is 15.2 Å². The first-order valence-electron chi connectivity index (χ1n) is 13.5. The summed E-state index contributed by atoms with van der Waals surface area (Å²) in [5.74, 6) is -1.62. The van der Waals surface area contributed by atoms with Gasteiger partial charge in [0.15, 0.2) is 5.69 Å². The fourth-order valence-corrected chi connectivity index (χ4v) is 6.56. The highest BCUT2D eigenvalue weighted by Gasteiger charge is 2.29. The van der Waals surface area contributed by atoms with Crippen molar-refractivity contribution >= 4 is 38.9 Å². The van der Waals surface area contributed by atoms with Crippen molar-refractivity contribution in [3.63, 3.8) is 0 Å². The standard InChI is InChI=1S/C31H26ClFN4O4S2/c1-17-11-21(8-9-24(17)32)20-3-2-4-22(15-20)29-23(12-19-7-10-28(25(33)13-19)43(34,40)41)27(14-18-5-6-18)37(36-29)31-35-26(16-42-31)30(38)39/h2-4,7-11,13,15-16,18H,5-6,12,14H2,1H3,(H,38,39)(H2,34,40,41). The van der Waals surface area contributed by atoms with E-state index >= 15 is 0 Å². The van der Waals surface area contributed by atoms with Crippen LogP contribution >= 0.6 is 22.9 Å². The topological polar surface area (TPSA) is 128 Å². The molecule has 0 saturated heterocycles. The number of carboxylic acid groups (broad SMARTS) is 1. The summed E-state index contributed by atoms with van der Waals surface area (Å²) in [6, 6.07) is 17.6. The number of nitrogens with two attached hydrogens (primary N) is 1. The number of rotatable bonds is 9. The van der Waals surface area contributed by atoms with E-state index in [0.29, 0.717) is 33.8 Å². The molecule has 0 radical (unpaired) electrons. The van der Waals surface area contributed by atoms with Crippen LogP contribution < -0.4 is 5.14 Å². The Bertz CT molecular complexity index is 2000. The molecule has 1 aliphatic rings. The van der Waals surface area contributed by atoms with Crippen LogP contribution in [0.2, 0.25) is 5.02 Å². The zero-order valence-corrected chi connectivity index (χ0v) is 25.3. The van der Waals surface area contributed by atoms with E-state index in [1.54, 1.807) is 10.7 Å². The summed E-state index contributed by atoms with van der Waals surface area (Å²) in [4.78, 5) is 15.4. The van der Waals surface area contributed by atoms with Crippen LogP contribution in [0.5, 0.6) is 0 Å². The molecule has 220 valence electrons. The van der Waals surface area contributed by atoms with E-state index in [-0.39, 0.29) is 12.1 Å². The molecular formula is C31H26ClFN4O4S2. The second-order valence-corrected chi connectivity index (χ2v) is 13.5. The Kier molecular flexibility index (Phi) is 7.67.